The highest BCUT2D eigenvalue weighted by molar-refractivity contribution is 5.64. The smallest absolute Gasteiger partial charge is 0.404 e. The fourth-order valence-electron chi connectivity index (χ4n) is 1.03. The molecule has 0 fully saturated rings. The summed E-state index contributed by atoms with van der Waals surface area (Å²) in [6, 6.07) is 9.84. The predicted octanol–water partition coefficient (Wildman–Crippen LogP) is 1.58. The summed E-state index contributed by atoms with van der Waals surface area (Å²) in [5.74, 6) is 0. The summed E-state index contributed by atoms with van der Waals surface area (Å²) in [5, 5.41) is 3.19. The molecule has 0 aliphatic carbocycles. The van der Waals surface area contributed by atoms with Crippen LogP contribution in [0.5, 0.6) is 0 Å². The molecule has 4 nitrogen and oxygen atoms in total. The van der Waals surface area contributed by atoms with Gasteiger partial charge in [-0.1, -0.05) is 18.2 Å². The molecule has 76 valence electrons. The van der Waals surface area contributed by atoms with E-state index in [0.717, 1.165) is 18.7 Å². The molecule has 0 spiro atoms. The molecule has 14 heavy (non-hydrogen) atoms. The lowest BCUT2D eigenvalue weighted by Gasteiger charge is -2.05. The van der Waals surface area contributed by atoms with Crippen LogP contribution in [-0.4, -0.2) is 19.2 Å². The van der Waals surface area contributed by atoms with E-state index in [1.807, 2.05) is 30.3 Å². The topological polar surface area (TPSA) is 64.4 Å². The van der Waals surface area contributed by atoms with E-state index < -0.39 is 6.09 Å². The van der Waals surface area contributed by atoms with Gasteiger partial charge in [0.25, 0.3) is 0 Å². The molecule has 4 heteroatoms. The van der Waals surface area contributed by atoms with Crippen LogP contribution in [0.1, 0.15) is 6.42 Å². The van der Waals surface area contributed by atoms with Gasteiger partial charge in [-0.15, -0.1) is 0 Å². The molecule has 1 amide bonds. The fourth-order valence-corrected chi connectivity index (χ4v) is 1.03. The molecule has 0 radical (unpaired) electrons. The van der Waals surface area contributed by atoms with Gasteiger partial charge in [0.15, 0.2) is 0 Å². The van der Waals surface area contributed by atoms with E-state index in [-0.39, 0.29) is 0 Å². The number of nitrogens with one attached hydrogen (secondary N) is 1. The second-order valence-electron chi connectivity index (χ2n) is 2.81. The van der Waals surface area contributed by atoms with Gasteiger partial charge in [-0.05, 0) is 18.6 Å². The van der Waals surface area contributed by atoms with Gasteiger partial charge in [-0.25, -0.2) is 4.79 Å². The third-order valence-electron chi connectivity index (χ3n) is 1.67. The maximum absolute atomic E-state index is 10.2. The number of rotatable bonds is 5. The van der Waals surface area contributed by atoms with Crippen LogP contribution >= 0.6 is 0 Å². The van der Waals surface area contributed by atoms with Crippen molar-refractivity contribution in [1.29, 1.82) is 0 Å². The zero-order valence-electron chi connectivity index (χ0n) is 7.90. The third-order valence-corrected chi connectivity index (χ3v) is 1.67. The van der Waals surface area contributed by atoms with Crippen molar-refractivity contribution in [2.75, 3.05) is 18.5 Å². The van der Waals surface area contributed by atoms with E-state index in [9.17, 15) is 4.79 Å². The predicted molar refractivity (Wildman–Crippen MR) is 55.1 cm³/mol. The lowest BCUT2D eigenvalue weighted by Crippen LogP contribution is -2.15. The normalized spacial score (nSPS) is 9.43. The highest BCUT2D eigenvalue weighted by Gasteiger charge is 1.93. The van der Waals surface area contributed by atoms with Crippen LogP contribution in [0.25, 0.3) is 0 Å². The van der Waals surface area contributed by atoms with Gasteiger partial charge in [-0.3, -0.25) is 0 Å². The van der Waals surface area contributed by atoms with Gasteiger partial charge >= 0.3 is 6.09 Å². The first-order valence-electron chi connectivity index (χ1n) is 4.50. The monoisotopic (exact) mass is 194 g/mol. The van der Waals surface area contributed by atoms with E-state index >= 15 is 0 Å². The molecule has 0 atom stereocenters. The van der Waals surface area contributed by atoms with Crippen LogP contribution in [-0.2, 0) is 4.74 Å². The fraction of sp³-hybridized carbons (Fsp3) is 0.300. The Kier molecular flexibility index (Phi) is 4.34. The largest absolute Gasteiger partial charge is 0.450 e. The lowest BCUT2D eigenvalue weighted by molar-refractivity contribution is 0.156. The molecule has 0 bridgehead atoms. The first-order valence-corrected chi connectivity index (χ1v) is 4.50. The maximum Gasteiger partial charge on any atom is 0.404 e. The summed E-state index contributed by atoms with van der Waals surface area (Å²) in [6.45, 7) is 1.12. The average Bonchev–Trinajstić information content (AvgIpc) is 2.18. The second-order valence-corrected chi connectivity index (χ2v) is 2.81. The Hall–Kier alpha value is -1.71. The van der Waals surface area contributed by atoms with Gasteiger partial charge in [0, 0.05) is 12.2 Å². The molecule has 0 aromatic heterocycles. The number of amides is 1. The van der Waals surface area contributed by atoms with Gasteiger partial charge in [-0.2, -0.15) is 0 Å². The van der Waals surface area contributed by atoms with Crippen molar-refractivity contribution in [3.05, 3.63) is 30.3 Å². The quantitative estimate of drug-likeness (QED) is 0.699. The van der Waals surface area contributed by atoms with Crippen LogP contribution in [0.3, 0.4) is 0 Å². The summed E-state index contributed by atoms with van der Waals surface area (Å²) in [5.41, 5.74) is 5.87. The van der Waals surface area contributed by atoms with Crippen LogP contribution < -0.4 is 11.1 Å². The van der Waals surface area contributed by atoms with Crippen LogP contribution in [0.2, 0.25) is 0 Å². The number of carbonyl (C=O) groups excluding carboxylic acids is 1. The highest BCUT2D eigenvalue weighted by Crippen LogP contribution is 2.04. The molecular weight excluding hydrogens is 180 g/mol. The number of hydrogen-bond acceptors (Lipinski definition) is 3. The summed E-state index contributed by atoms with van der Waals surface area (Å²) in [6.07, 6.45) is 0.0300. The zero-order chi connectivity index (χ0) is 10.2. The van der Waals surface area contributed by atoms with Crippen molar-refractivity contribution in [3.63, 3.8) is 0 Å². The minimum absolute atomic E-state index is 0.356. The van der Waals surface area contributed by atoms with Gasteiger partial charge in [0.2, 0.25) is 0 Å². The number of benzene rings is 1. The summed E-state index contributed by atoms with van der Waals surface area (Å²) in [7, 11) is 0. The summed E-state index contributed by atoms with van der Waals surface area (Å²) < 4.78 is 4.58. The first kappa shape index (κ1) is 10.4. The van der Waals surface area contributed by atoms with E-state index in [2.05, 4.69) is 10.1 Å². The lowest BCUT2D eigenvalue weighted by atomic mass is 10.3. The molecule has 0 saturated heterocycles. The molecule has 1 rings (SSSR count). The molecule has 1 aromatic carbocycles. The molecule has 0 saturated carbocycles. The molecule has 0 aliphatic heterocycles. The van der Waals surface area contributed by atoms with E-state index in [0.29, 0.717) is 6.61 Å². The first-order chi connectivity index (χ1) is 6.79. The minimum atomic E-state index is -0.718. The number of carbonyl (C=O) groups is 1. The average molecular weight is 194 g/mol. The summed E-state index contributed by atoms with van der Waals surface area (Å²) >= 11 is 0. The third kappa shape index (κ3) is 4.35. The van der Waals surface area contributed by atoms with E-state index in [1.165, 1.54) is 0 Å². The maximum atomic E-state index is 10.2. The van der Waals surface area contributed by atoms with Crippen molar-refractivity contribution in [3.8, 4) is 0 Å². The number of nitrogens with two attached hydrogens (primary N) is 1. The van der Waals surface area contributed by atoms with Crippen molar-refractivity contribution in [2.24, 2.45) is 5.73 Å². The van der Waals surface area contributed by atoms with Gasteiger partial charge < -0.3 is 15.8 Å². The van der Waals surface area contributed by atoms with Crippen molar-refractivity contribution in [2.45, 2.75) is 6.42 Å². The Labute approximate surface area is 83.1 Å². The number of anilines is 1. The Bertz CT molecular complexity index is 275. The minimum Gasteiger partial charge on any atom is -0.450 e. The number of ether oxygens (including phenoxy) is 1. The van der Waals surface area contributed by atoms with E-state index in [1.54, 1.807) is 0 Å². The van der Waals surface area contributed by atoms with Crippen LogP contribution in [0.4, 0.5) is 10.5 Å². The van der Waals surface area contributed by atoms with Gasteiger partial charge in [0.05, 0.1) is 6.61 Å². The van der Waals surface area contributed by atoms with E-state index in [4.69, 9.17) is 5.73 Å². The molecule has 0 aliphatic rings. The second kappa shape index (κ2) is 5.85. The number of hydrogen-bond donors (Lipinski definition) is 2. The Balaban J connectivity index is 2.08. The highest BCUT2D eigenvalue weighted by atomic mass is 16.5. The number of primary amides is 1. The van der Waals surface area contributed by atoms with Crippen LogP contribution in [0.15, 0.2) is 30.3 Å². The number of para-hydroxylation sites is 1. The molecular formula is C10H14N2O2. The van der Waals surface area contributed by atoms with Crippen LogP contribution in [0, 0.1) is 0 Å². The van der Waals surface area contributed by atoms with Crippen molar-refractivity contribution in [1.82, 2.24) is 0 Å². The molecule has 1 aromatic rings. The van der Waals surface area contributed by atoms with Gasteiger partial charge in [0.1, 0.15) is 0 Å². The van der Waals surface area contributed by atoms with Crippen molar-refractivity contribution < 1.29 is 9.53 Å². The Morgan fingerprint density at radius 2 is 2.07 bits per heavy atom. The SMILES string of the molecule is NC(=O)OCCCNc1ccccc1. The molecule has 0 unspecified atom stereocenters. The zero-order valence-corrected chi connectivity index (χ0v) is 7.90. The Morgan fingerprint density at radius 3 is 2.71 bits per heavy atom. The van der Waals surface area contributed by atoms with Crippen molar-refractivity contribution >= 4 is 11.8 Å². The summed E-state index contributed by atoms with van der Waals surface area (Å²) in [4.78, 5) is 10.2. The Morgan fingerprint density at radius 1 is 1.36 bits per heavy atom. The molecule has 0 heterocycles. The standard InChI is InChI=1S/C10H14N2O2/c11-10(13)14-8-4-7-12-9-5-2-1-3-6-9/h1-3,5-6,12H,4,7-8H2,(H2,11,13). The molecule has 3 N–H and O–H groups in total.